The summed E-state index contributed by atoms with van der Waals surface area (Å²) < 4.78 is 0. The normalized spacial score (nSPS) is 19.3. The van der Waals surface area contributed by atoms with Crippen molar-refractivity contribution in [2.75, 3.05) is 0 Å². The van der Waals surface area contributed by atoms with Crippen molar-refractivity contribution in [1.29, 1.82) is 0 Å². The van der Waals surface area contributed by atoms with Crippen LogP contribution in [0.4, 0.5) is 0 Å². The van der Waals surface area contributed by atoms with Gasteiger partial charge in [-0.3, -0.25) is 16.3 Å². The van der Waals surface area contributed by atoms with Crippen molar-refractivity contribution < 1.29 is 0 Å². The lowest BCUT2D eigenvalue weighted by atomic mass is 9.93. The molecule has 1 saturated carbocycles. The van der Waals surface area contributed by atoms with E-state index in [1.165, 1.54) is 31.2 Å². The molecule has 3 nitrogen and oxygen atoms in total. The van der Waals surface area contributed by atoms with Gasteiger partial charge in [0.25, 0.3) is 0 Å². The topological polar surface area (TPSA) is 50.9 Å². The highest BCUT2D eigenvalue weighted by atomic mass is 15.2. The Balaban J connectivity index is 2.14. The molecular weight excluding hydrogens is 186 g/mol. The summed E-state index contributed by atoms with van der Waals surface area (Å²) in [6.07, 6.45) is 7.17. The van der Waals surface area contributed by atoms with E-state index < -0.39 is 0 Å². The molecule has 1 unspecified atom stereocenters. The van der Waals surface area contributed by atoms with Crippen molar-refractivity contribution in [1.82, 2.24) is 10.4 Å². The van der Waals surface area contributed by atoms with Crippen molar-refractivity contribution in [3.63, 3.8) is 0 Å². The first-order valence-corrected chi connectivity index (χ1v) is 5.70. The van der Waals surface area contributed by atoms with Gasteiger partial charge in [0.15, 0.2) is 0 Å². The van der Waals surface area contributed by atoms with Crippen LogP contribution in [0.1, 0.15) is 43.0 Å². The summed E-state index contributed by atoms with van der Waals surface area (Å²) >= 11 is 0. The predicted octanol–water partition coefficient (Wildman–Crippen LogP) is 2.08. The minimum Gasteiger partial charge on any atom is -0.271 e. The average Bonchev–Trinajstić information content (AvgIpc) is 2.75. The summed E-state index contributed by atoms with van der Waals surface area (Å²) in [5, 5.41) is 0. The van der Waals surface area contributed by atoms with E-state index in [4.69, 9.17) is 5.84 Å². The fourth-order valence-corrected chi connectivity index (χ4v) is 2.46. The van der Waals surface area contributed by atoms with Gasteiger partial charge in [-0.1, -0.05) is 18.9 Å². The Bertz CT molecular complexity index is 301. The molecule has 0 aromatic carbocycles. The molecule has 1 aromatic rings. The first kappa shape index (κ1) is 10.6. The summed E-state index contributed by atoms with van der Waals surface area (Å²) in [7, 11) is 0. The quantitative estimate of drug-likeness (QED) is 0.587. The smallest absolute Gasteiger partial charge is 0.0503 e. The van der Waals surface area contributed by atoms with Crippen LogP contribution < -0.4 is 11.3 Å². The van der Waals surface area contributed by atoms with E-state index in [1.54, 1.807) is 0 Å². The molecule has 3 heteroatoms. The molecule has 2 rings (SSSR count). The van der Waals surface area contributed by atoms with Crippen molar-refractivity contribution >= 4 is 0 Å². The highest BCUT2D eigenvalue weighted by molar-refractivity contribution is 5.18. The summed E-state index contributed by atoms with van der Waals surface area (Å²) in [5.41, 5.74) is 5.21. The van der Waals surface area contributed by atoms with Crippen LogP contribution >= 0.6 is 0 Å². The van der Waals surface area contributed by atoms with Gasteiger partial charge in [-0.2, -0.15) is 0 Å². The van der Waals surface area contributed by atoms with Gasteiger partial charge in [0.1, 0.15) is 0 Å². The lowest BCUT2D eigenvalue weighted by Crippen LogP contribution is -2.32. The maximum atomic E-state index is 5.64. The van der Waals surface area contributed by atoms with Crippen LogP contribution in [0.15, 0.2) is 18.3 Å². The monoisotopic (exact) mass is 205 g/mol. The zero-order valence-electron chi connectivity index (χ0n) is 9.24. The molecule has 1 fully saturated rings. The van der Waals surface area contributed by atoms with Gasteiger partial charge in [0, 0.05) is 11.9 Å². The molecule has 15 heavy (non-hydrogen) atoms. The third-order valence-corrected chi connectivity index (χ3v) is 3.34. The van der Waals surface area contributed by atoms with Crippen molar-refractivity contribution in [3.8, 4) is 0 Å². The lowest BCUT2D eigenvalue weighted by Gasteiger charge is -2.22. The molecule has 0 bridgehead atoms. The Morgan fingerprint density at radius 2 is 2.13 bits per heavy atom. The van der Waals surface area contributed by atoms with Gasteiger partial charge in [0.05, 0.1) is 6.04 Å². The summed E-state index contributed by atoms with van der Waals surface area (Å²) in [6, 6.07) is 4.46. The number of aryl methyl sites for hydroxylation is 1. The van der Waals surface area contributed by atoms with Crippen LogP contribution in [0.3, 0.4) is 0 Å². The van der Waals surface area contributed by atoms with Crippen LogP contribution in [-0.4, -0.2) is 4.98 Å². The molecule has 1 heterocycles. The first-order chi connectivity index (χ1) is 7.31. The number of hydrazine groups is 1. The Hall–Kier alpha value is -0.930. The molecule has 0 spiro atoms. The van der Waals surface area contributed by atoms with E-state index in [1.807, 2.05) is 13.1 Å². The van der Waals surface area contributed by atoms with E-state index in [-0.39, 0.29) is 6.04 Å². The van der Waals surface area contributed by atoms with Crippen molar-refractivity contribution in [3.05, 3.63) is 29.6 Å². The molecule has 0 radical (unpaired) electrons. The standard InChI is InChI=1S/C12H19N3/c1-9-6-7-11(8-14-9)12(15-13)10-4-2-3-5-10/h6-8,10,12,15H,2-5,13H2,1H3. The average molecular weight is 205 g/mol. The molecule has 1 aliphatic rings. The Morgan fingerprint density at radius 3 is 2.67 bits per heavy atom. The Morgan fingerprint density at radius 1 is 1.40 bits per heavy atom. The van der Waals surface area contributed by atoms with Crippen LogP contribution in [0.25, 0.3) is 0 Å². The number of pyridine rings is 1. The molecule has 3 N–H and O–H groups in total. The summed E-state index contributed by atoms with van der Waals surface area (Å²) in [6.45, 7) is 2.00. The third-order valence-electron chi connectivity index (χ3n) is 3.34. The van der Waals surface area contributed by atoms with E-state index >= 15 is 0 Å². The molecule has 0 aliphatic heterocycles. The molecule has 1 atom stereocenters. The Labute approximate surface area is 91.1 Å². The van der Waals surface area contributed by atoms with Crippen molar-refractivity contribution in [2.45, 2.75) is 38.6 Å². The first-order valence-electron chi connectivity index (χ1n) is 5.70. The third kappa shape index (κ3) is 2.36. The highest BCUT2D eigenvalue weighted by Crippen LogP contribution is 2.34. The van der Waals surface area contributed by atoms with Gasteiger partial charge in [0.2, 0.25) is 0 Å². The maximum Gasteiger partial charge on any atom is 0.0503 e. The number of hydrogen-bond acceptors (Lipinski definition) is 3. The van der Waals surface area contributed by atoms with Crippen molar-refractivity contribution in [2.24, 2.45) is 11.8 Å². The largest absolute Gasteiger partial charge is 0.271 e. The molecule has 1 aromatic heterocycles. The minimum absolute atomic E-state index is 0.278. The second kappa shape index (κ2) is 4.73. The summed E-state index contributed by atoms with van der Waals surface area (Å²) in [4.78, 5) is 4.32. The minimum atomic E-state index is 0.278. The number of hydrogen-bond donors (Lipinski definition) is 2. The Kier molecular flexibility index (Phi) is 3.34. The molecule has 1 aliphatic carbocycles. The van der Waals surface area contributed by atoms with E-state index in [9.17, 15) is 0 Å². The molecule has 0 amide bonds. The molecule has 0 saturated heterocycles. The summed E-state index contributed by atoms with van der Waals surface area (Å²) in [5.74, 6) is 6.32. The maximum absolute atomic E-state index is 5.64. The number of nitrogens with zero attached hydrogens (tertiary/aromatic N) is 1. The number of nitrogens with one attached hydrogen (secondary N) is 1. The lowest BCUT2D eigenvalue weighted by molar-refractivity contribution is 0.373. The highest BCUT2D eigenvalue weighted by Gasteiger charge is 2.25. The second-order valence-electron chi connectivity index (χ2n) is 4.42. The van der Waals surface area contributed by atoms with Gasteiger partial charge < -0.3 is 0 Å². The van der Waals surface area contributed by atoms with E-state index in [0.29, 0.717) is 5.92 Å². The number of aromatic nitrogens is 1. The number of nitrogens with two attached hydrogens (primary N) is 1. The second-order valence-corrected chi connectivity index (χ2v) is 4.42. The SMILES string of the molecule is Cc1ccc(C(NN)C2CCCC2)cn1. The van der Waals surface area contributed by atoms with Gasteiger partial charge in [-0.25, -0.2) is 0 Å². The zero-order chi connectivity index (χ0) is 10.7. The fraction of sp³-hybridized carbons (Fsp3) is 0.583. The fourth-order valence-electron chi connectivity index (χ4n) is 2.46. The van der Waals surface area contributed by atoms with E-state index in [0.717, 1.165) is 5.69 Å². The van der Waals surface area contributed by atoms with E-state index in [2.05, 4.69) is 22.5 Å². The number of rotatable bonds is 3. The van der Waals surface area contributed by atoms with Gasteiger partial charge in [-0.05, 0) is 37.3 Å². The van der Waals surface area contributed by atoms with Crippen LogP contribution in [0.2, 0.25) is 0 Å². The predicted molar refractivity (Wildman–Crippen MR) is 61.0 cm³/mol. The van der Waals surface area contributed by atoms with Crippen LogP contribution in [0.5, 0.6) is 0 Å². The van der Waals surface area contributed by atoms with Crippen LogP contribution in [0, 0.1) is 12.8 Å². The van der Waals surface area contributed by atoms with Crippen LogP contribution in [-0.2, 0) is 0 Å². The zero-order valence-corrected chi connectivity index (χ0v) is 9.24. The van der Waals surface area contributed by atoms with Gasteiger partial charge in [-0.15, -0.1) is 0 Å². The van der Waals surface area contributed by atoms with Gasteiger partial charge >= 0.3 is 0 Å². The molecule has 82 valence electrons. The molecular formula is C12H19N3.